The van der Waals surface area contributed by atoms with Crippen LogP contribution in [-0.2, 0) is 7.05 Å². The number of aromatic nitrogens is 6. The van der Waals surface area contributed by atoms with Crippen LogP contribution in [0.15, 0.2) is 37.1 Å². The van der Waals surface area contributed by atoms with Gasteiger partial charge in [0.25, 0.3) is 0 Å². The zero-order chi connectivity index (χ0) is 15.1. The lowest BCUT2D eigenvalue weighted by Gasteiger charge is -2.39. The molecule has 0 bridgehead atoms. The highest BCUT2D eigenvalue weighted by Gasteiger charge is 2.30. The van der Waals surface area contributed by atoms with E-state index in [2.05, 4.69) is 20.1 Å². The lowest BCUT2D eigenvalue weighted by Crippen LogP contribution is -2.48. The number of nitrogens with zero attached hydrogens (tertiary/aromatic N) is 7. The average Bonchev–Trinajstić information content (AvgIpc) is 3.11. The molecule has 1 aliphatic rings. The molecule has 0 radical (unpaired) electrons. The zero-order valence-electron chi connectivity index (χ0n) is 12.6. The SMILES string of the molecule is Cc1cnc(N2CC(n3cccn3)C2)nc1-c1cnn(C)c1. The maximum Gasteiger partial charge on any atom is 0.226 e. The number of anilines is 1. The summed E-state index contributed by atoms with van der Waals surface area (Å²) in [4.78, 5) is 11.4. The molecule has 0 spiro atoms. The van der Waals surface area contributed by atoms with Crippen LogP contribution in [-0.4, -0.2) is 42.6 Å². The van der Waals surface area contributed by atoms with Gasteiger partial charge in [0, 0.05) is 50.5 Å². The van der Waals surface area contributed by atoms with Crippen LogP contribution < -0.4 is 4.90 Å². The van der Waals surface area contributed by atoms with Gasteiger partial charge in [-0.2, -0.15) is 10.2 Å². The van der Waals surface area contributed by atoms with Crippen molar-refractivity contribution < 1.29 is 0 Å². The molecular weight excluding hydrogens is 278 g/mol. The van der Waals surface area contributed by atoms with E-state index in [0.29, 0.717) is 6.04 Å². The predicted octanol–water partition coefficient (Wildman–Crippen LogP) is 1.44. The summed E-state index contributed by atoms with van der Waals surface area (Å²) in [5.74, 6) is 0.771. The second kappa shape index (κ2) is 4.94. The molecule has 7 heteroatoms. The molecule has 1 aliphatic heterocycles. The van der Waals surface area contributed by atoms with Gasteiger partial charge in [-0.1, -0.05) is 0 Å². The van der Waals surface area contributed by atoms with Gasteiger partial charge in [0.15, 0.2) is 0 Å². The fraction of sp³-hybridized carbons (Fsp3) is 0.333. The van der Waals surface area contributed by atoms with Gasteiger partial charge in [-0.15, -0.1) is 0 Å². The van der Waals surface area contributed by atoms with Crippen LogP contribution in [0.3, 0.4) is 0 Å². The van der Waals surface area contributed by atoms with Crippen molar-refractivity contribution in [2.24, 2.45) is 7.05 Å². The minimum atomic E-state index is 0.404. The average molecular weight is 295 g/mol. The van der Waals surface area contributed by atoms with Crippen LogP contribution in [0.5, 0.6) is 0 Å². The van der Waals surface area contributed by atoms with Crippen molar-refractivity contribution >= 4 is 5.95 Å². The first kappa shape index (κ1) is 13.0. The molecule has 0 aromatic carbocycles. The minimum absolute atomic E-state index is 0.404. The predicted molar refractivity (Wildman–Crippen MR) is 82.4 cm³/mol. The van der Waals surface area contributed by atoms with Gasteiger partial charge < -0.3 is 4.90 Å². The Bertz CT molecular complexity index is 784. The fourth-order valence-electron chi connectivity index (χ4n) is 2.70. The molecule has 7 nitrogen and oxygen atoms in total. The Morgan fingerprint density at radius 2 is 2.05 bits per heavy atom. The Hall–Kier alpha value is -2.70. The summed E-state index contributed by atoms with van der Waals surface area (Å²) in [7, 11) is 1.91. The molecule has 4 heterocycles. The van der Waals surface area contributed by atoms with Crippen molar-refractivity contribution in [3.63, 3.8) is 0 Å². The fourth-order valence-corrected chi connectivity index (χ4v) is 2.70. The quantitative estimate of drug-likeness (QED) is 0.731. The van der Waals surface area contributed by atoms with E-state index in [4.69, 9.17) is 4.98 Å². The van der Waals surface area contributed by atoms with E-state index < -0.39 is 0 Å². The lowest BCUT2D eigenvalue weighted by molar-refractivity contribution is 0.363. The lowest BCUT2D eigenvalue weighted by atomic mass is 10.1. The highest BCUT2D eigenvalue weighted by molar-refractivity contribution is 5.62. The monoisotopic (exact) mass is 295 g/mol. The molecule has 0 aliphatic carbocycles. The molecule has 1 fully saturated rings. The summed E-state index contributed by atoms with van der Waals surface area (Å²) in [6.45, 7) is 3.79. The van der Waals surface area contributed by atoms with Crippen molar-refractivity contribution in [1.82, 2.24) is 29.5 Å². The normalized spacial score (nSPS) is 15.1. The van der Waals surface area contributed by atoms with Gasteiger partial charge in [0.05, 0.1) is 17.9 Å². The van der Waals surface area contributed by atoms with E-state index >= 15 is 0 Å². The molecule has 0 saturated carbocycles. The standard InChI is InChI=1S/C15H17N7/c1-11-6-16-15(19-14(11)12-7-18-20(2)8-12)21-9-13(10-21)22-5-3-4-17-22/h3-8,13H,9-10H2,1-2H3. The molecule has 1 saturated heterocycles. The molecule has 0 amide bonds. The summed E-state index contributed by atoms with van der Waals surface area (Å²) in [5, 5.41) is 8.51. The largest absolute Gasteiger partial charge is 0.336 e. The third-order valence-corrected chi connectivity index (χ3v) is 3.98. The van der Waals surface area contributed by atoms with Crippen molar-refractivity contribution in [2.45, 2.75) is 13.0 Å². The zero-order valence-corrected chi connectivity index (χ0v) is 12.6. The highest BCUT2D eigenvalue weighted by atomic mass is 15.4. The van der Waals surface area contributed by atoms with Crippen LogP contribution >= 0.6 is 0 Å². The molecular formula is C15H17N7. The first-order chi connectivity index (χ1) is 10.7. The number of hydrogen-bond acceptors (Lipinski definition) is 5. The first-order valence-corrected chi connectivity index (χ1v) is 7.27. The van der Waals surface area contributed by atoms with Crippen molar-refractivity contribution in [3.05, 3.63) is 42.6 Å². The van der Waals surface area contributed by atoms with Gasteiger partial charge in [0.2, 0.25) is 5.95 Å². The second-order valence-electron chi connectivity index (χ2n) is 5.65. The van der Waals surface area contributed by atoms with Gasteiger partial charge in [0.1, 0.15) is 0 Å². The van der Waals surface area contributed by atoms with E-state index in [9.17, 15) is 0 Å². The number of rotatable bonds is 3. The van der Waals surface area contributed by atoms with Crippen molar-refractivity contribution in [2.75, 3.05) is 18.0 Å². The molecule has 0 unspecified atom stereocenters. The van der Waals surface area contributed by atoms with E-state index in [0.717, 1.165) is 35.9 Å². The summed E-state index contributed by atoms with van der Waals surface area (Å²) < 4.78 is 3.78. The van der Waals surface area contributed by atoms with Crippen molar-refractivity contribution in [1.29, 1.82) is 0 Å². The Morgan fingerprint density at radius 3 is 2.73 bits per heavy atom. The Morgan fingerprint density at radius 1 is 1.18 bits per heavy atom. The topological polar surface area (TPSA) is 64.7 Å². The summed E-state index contributed by atoms with van der Waals surface area (Å²) in [6, 6.07) is 2.35. The first-order valence-electron chi connectivity index (χ1n) is 7.27. The molecule has 0 N–H and O–H groups in total. The van der Waals surface area contributed by atoms with Crippen molar-refractivity contribution in [3.8, 4) is 11.3 Å². The van der Waals surface area contributed by atoms with Gasteiger partial charge >= 0.3 is 0 Å². The number of aryl methyl sites for hydroxylation is 2. The molecule has 112 valence electrons. The van der Waals surface area contributed by atoms with E-state index in [1.807, 2.05) is 55.7 Å². The van der Waals surface area contributed by atoms with E-state index in [1.165, 1.54) is 0 Å². The number of hydrogen-bond donors (Lipinski definition) is 0. The van der Waals surface area contributed by atoms with Gasteiger partial charge in [-0.25, -0.2) is 9.97 Å². The van der Waals surface area contributed by atoms with Crippen LogP contribution in [0.2, 0.25) is 0 Å². The minimum Gasteiger partial charge on any atom is -0.336 e. The van der Waals surface area contributed by atoms with E-state index in [-0.39, 0.29) is 0 Å². The second-order valence-corrected chi connectivity index (χ2v) is 5.65. The Labute approximate surface area is 128 Å². The summed E-state index contributed by atoms with van der Waals surface area (Å²) in [6.07, 6.45) is 9.50. The van der Waals surface area contributed by atoms with Gasteiger partial charge in [-0.3, -0.25) is 9.36 Å². The van der Waals surface area contributed by atoms with E-state index in [1.54, 1.807) is 4.68 Å². The third kappa shape index (κ3) is 2.14. The van der Waals surface area contributed by atoms with Crippen LogP contribution in [0.4, 0.5) is 5.95 Å². The summed E-state index contributed by atoms with van der Waals surface area (Å²) >= 11 is 0. The van der Waals surface area contributed by atoms with Crippen LogP contribution in [0.1, 0.15) is 11.6 Å². The maximum absolute atomic E-state index is 4.73. The molecule has 22 heavy (non-hydrogen) atoms. The Kier molecular flexibility index (Phi) is 2.92. The van der Waals surface area contributed by atoms with Crippen LogP contribution in [0.25, 0.3) is 11.3 Å². The smallest absolute Gasteiger partial charge is 0.226 e. The van der Waals surface area contributed by atoms with Crippen LogP contribution in [0, 0.1) is 6.92 Å². The third-order valence-electron chi connectivity index (χ3n) is 3.98. The highest BCUT2D eigenvalue weighted by Crippen LogP contribution is 2.27. The Balaban J connectivity index is 1.57. The molecule has 4 rings (SSSR count). The molecule has 3 aromatic rings. The molecule has 3 aromatic heterocycles. The summed E-state index contributed by atoms with van der Waals surface area (Å²) in [5.41, 5.74) is 3.02. The molecule has 0 atom stereocenters. The maximum atomic E-state index is 4.73. The van der Waals surface area contributed by atoms with Gasteiger partial charge in [-0.05, 0) is 18.6 Å².